The van der Waals surface area contributed by atoms with Crippen LogP contribution in [0.15, 0.2) is 67.0 Å². The van der Waals surface area contributed by atoms with Gasteiger partial charge in [-0.15, -0.1) is 11.3 Å². The van der Waals surface area contributed by atoms with E-state index in [0.717, 1.165) is 33.2 Å². The zero-order chi connectivity index (χ0) is 28.1. The van der Waals surface area contributed by atoms with Gasteiger partial charge in [0.05, 0.1) is 33.6 Å². The van der Waals surface area contributed by atoms with Crippen LogP contribution in [0.25, 0.3) is 20.9 Å². The molecule has 40 heavy (non-hydrogen) atoms. The van der Waals surface area contributed by atoms with Gasteiger partial charge in [-0.1, -0.05) is 18.2 Å². The number of nitrogens with one attached hydrogen (secondary N) is 1. The Morgan fingerprint density at radius 1 is 1.00 bits per heavy atom. The summed E-state index contributed by atoms with van der Waals surface area (Å²) in [5.74, 6) is 0.327. The molecule has 7 nitrogen and oxygen atoms in total. The van der Waals surface area contributed by atoms with Crippen LogP contribution in [0.4, 0.5) is 8.78 Å². The predicted octanol–water partition coefficient (Wildman–Crippen LogP) is 5.86. The lowest BCUT2D eigenvalue weighted by Crippen LogP contribution is -2.20. The topological polar surface area (TPSA) is 78.3 Å². The molecule has 3 heterocycles. The first kappa shape index (κ1) is 27.6. The predicted molar refractivity (Wildman–Crippen MR) is 151 cm³/mol. The van der Waals surface area contributed by atoms with Gasteiger partial charge in [0.15, 0.2) is 11.6 Å². The average Bonchev–Trinajstić information content (AvgIpc) is 3.53. The standard InChI is InChI=1S/C30H28F2N4O3S/c1-36-22(17-33-11-12-38-2)18-35-30(36)28-16-25-29(40-28)27(9-10-34-25)39-26-8-5-20(15-24(26)32)14-23(37)13-19-3-6-21(31)7-4-19/h3-10,15-16,18,33H,11-14,17H2,1-2H3. The number of thiophene rings is 1. The van der Waals surface area contributed by atoms with E-state index in [-0.39, 0.29) is 30.2 Å². The summed E-state index contributed by atoms with van der Waals surface area (Å²) in [4.78, 5) is 22.4. The minimum Gasteiger partial charge on any atom is -0.453 e. The number of ether oxygens (including phenoxy) is 2. The molecule has 2 aromatic carbocycles. The number of fused-ring (bicyclic) bond motifs is 1. The van der Waals surface area contributed by atoms with Crippen molar-refractivity contribution in [2.24, 2.45) is 7.05 Å². The lowest BCUT2D eigenvalue weighted by molar-refractivity contribution is -0.117. The van der Waals surface area contributed by atoms with Crippen LogP contribution in [0.5, 0.6) is 11.5 Å². The Morgan fingerprint density at radius 2 is 1.77 bits per heavy atom. The first-order chi connectivity index (χ1) is 19.4. The molecule has 3 aromatic heterocycles. The van der Waals surface area contributed by atoms with Gasteiger partial charge >= 0.3 is 0 Å². The second kappa shape index (κ2) is 12.5. The van der Waals surface area contributed by atoms with E-state index >= 15 is 4.39 Å². The Labute approximate surface area is 234 Å². The number of Topliss-reactive ketones (excluding diaryl/α,β-unsaturated/α-hetero) is 1. The van der Waals surface area contributed by atoms with Crippen LogP contribution in [0, 0.1) is 11.6 Å². The molecule has 1 N–H and O–H groups in total. The van der Waals surface area contributed by atoms with E-state index in [1.165, 1.54) is 35.6 Å². The number of carbonyl (C=O) groups excluding carboxylic acids is 1. The number of pyridine rings is 1. The number of methoxy groups -OCH3 is 1. The number of hydrogen-bond donors (Lipinski definition) is 1. The van der Waals surface area contributed by atoms with Crippen molar-refractivity contribution in [1.82, 2.24) is 19.9 Å². The largest absolute Gasteiger partial charge is 0.453 e. The molecule has 0 radical (unpaired) electrons. The molecule has 0 amide bonds. The van der Waals surface area contributed by atoms with Crippen molar-refractivity contribution in [2.45, 2.75) is 19.4 Å². The minimum atomic E-state index is -0.566. The molecule has 10 heteroatoms. The number of rotatable bonds is 12. The van der Waals surface area contributed by atoms with Crippen molar-refractivity contribution in [3.05, 3.63) is 95.4 Å². The maximum Gasteiger partial charge on any atom is 0.166 e. The Hall–Kier alpha value is -3.99. The quantitative estimate of drug-likeness (QED) is 0.192. The van der Waals surface area contributed by atoms with E-state index in [4.69, 9.17) is 9.47 Å². The molecule has 0 unspecified atom stereocenters. The summed E-state index contributed by atoms with van der Waals surface area (Å²) in [5, 5.41) is 3.32. The molecule has 0 aliphatic rings. The molecular formula is C30H28F2N4O3S. The molecule has 0 fully saturated rings. The van der Waals surface area contributed by atoms with Crippen LogP contribution in [0.1, 0.15) is 16.8 Å². The fourth-order valence-electron chi connectivity index (χ4n) is 4.31. The highest BCUT2D eigenvalue weighted by atomic mass is 32.1. The molecular weight excluding hydrogens is 534 g/mol. The summed E-state index contributed by atoms with van der Waals surface area (Å²) in [6.45, 7) is 2.04. The number of imidazole rings is 1. The molecule has 0 saturated heterocycles. The van der Waals surface area contributed by atoms with E-state index in [0.29, 0.717) is 30.0 Å². The number of aromatic nitrogens is 3. The zero-order valence-corrected chi connectivity index (χ0v) is 22.9. The van der Waals surface area contributed by atoms with Gasteiger partial charge in [-0.3, -0.25) is 9.78 Å². The van der Waals surface area contributed by atoms with Crippen molar-refractivity contribution in [3.8, 4) is 22.2 Å². The van der Waals surface area contributed by atoms with E-state index in [1.807, 2.05) is 23.9 Å². The Balaban J connectivity index is 1.29. The first-order valence-electron chi connectivity index (χ1n) is 12.7. The highest BCUT2D eigenvalue weighted by Crippen LogP contribution is 2.39. The Kier molecular flexibility index (Phi) is 8.59. The maximum atomic E-state index is 15.0. The van der Waals surface area contributed by atoms with E-state index in [2.05, 4.69) is 15.3 Å². The summed E-state index contributed by atoms with van der Waals surface area (Å²) in [6.07, 6.45) is 3.68. The van der Waals surface area contributed by atoms with E-state index in [1.54, 1.807) is 37.6 Å². The normalized spacial score (nSPS) is 11.3. The van der Waals surface area contributed by atoms with Gasteiger partial charge in [0.1, 0.15) is 23.2 Å². The second-order valence-electron chi connectivity index (χ2n) is 9.32. The Bertz CT molecular complexity index is 1630. The molecule has 5 aromatic rings. The third-order valence-electron chi connectivity index (χ3n) is 6.40. The molecule has 0 saturated carbocycles. The number of nitrogens with zero attached hydrogens (tertiary/aromatic N) is 3. The molecule has 0 bridgehead atoms. The van der Waals surface area contributed by atoms with Crippen molar-refractivity contribution in [3.63, 3.8) is 0 Å². The maximum absolute atomic E-state index is 15.0. The molecule has 0 aliphatic heterocycles. The Morgan fingerprint density at radius 3 is 2.55 bits per heavy atom. The fourth-order valence-corrected chi connectivity index (χ4v) is 5.41. The SMILES string of the molecule is COCCNCc1cnc(-c2cc3nccc(Oc4ccc(CC(=O)Cc5ccc(F)cc5)cc4F)c3s2)n1C. The van der Waals surface area contributed by atoms with Gasteiger partial charge in [0.2, 0.25) is 0 Å². The average molecular weight is 563 g/mol. The van der Waals surface area contributed by atoms with Gasteiger partial charge in [-0.25, -0.2) is 13.8 Å². The molecule has 0 atom stereocenters. The van der Waals surface area contributed by atoms with E-state index < -0.39 is 5.82 Å². The van der Waals surface area contributed by atoms with Crippen molar-refractivity contribution < 1.29 is 23.0 Å². The summed E-state index contributed by atoms with van der Waals surface area (Å²) < 4.78 is 42.0. The van der Waals surface area contributed by atoms with Gasteiger partial charge in [0.25, 0.3) is 0 Å². The van der Waals surface area contributed by atoms with Gasteiger partial charge < -0.3 is 19.4 Å². The monoisotopic (exact) mass is 562 g/mol. The smallest absolute Gasteiger partial charge is 0.166 e. The van der Waals surface area contributed by atoms with Crippen molar-refractivity contribution in [1.29, 1.82) is 0 Å². The number of hydrogen-bond acceptors (Lipinski definition) is 7. The molecule has 0 aliphatic carbocycles. The second-order valence-corrected chi connectivity index (χ2v) is 10.4. The summed E-state index contributed by atoms with van der Waals surface area (Å²) in [7, 11) is 3.63. The lowest BCUT2D eigenvalue weighted by atomic mass is 10.0. The third-order valence-corrected chi connectivity index (χ3v) is 7.54. The zero-order valence-electron chi connectivity index (χ0n) is 22.1. The first-order valence-corrected chi connectivity index (χ1v) is 13.5. The van der Waals surface area contributed by atoms with E-state index in [9.17, 15) is 9.18 Å². The van der Waals surface area contributed by atoms with Crippen LogP contribution in [0.3, 0.4) is 0 Å². The third kappa shape index (κ3) is 6.41. The minimum absolute atomic E-state index is 0.0543. The van der Waals surface area contributed by atoms with Gasteiger partial charge in [-0.05, 0) is 41.5 Å². The lowest BCUT2D eigenvalue weighted by Gasteiger charge is -2.09. The summed E-state index contributed by atoms with van der Waals surface area (Å²) >= 11 is 1.47. The number of carbonyl (C=O) groups is 1. The van der Waals surface area contributed by atoms with Crippen LogP contribution in [-0.4, -0.2) is 40.6 Å². The number of halogens is 2. The van der Waals surface area contributed by atoms with Gasteiger partial charge in [-0.2, -0.15) is 0 Å². The highest BCUT2D eigenvalue weighted by molar-refractivity contribution is 7.22. The summed E-state index contributed by atoms with van der Waals surface area (Å²) in [5.41, 5.74) is 3.01. The van der Waals surface area contributed by atoms with Crippen LogP contribution < -0.4 is 10.1 Å². The number of ketones is 1. The fraction of sp³-hybridized carbons (Fsp3) is 0.233. The number of benzene rings is 2. The molecule has 5 rings (SSSR count). The molecule has 0 spiro atoms. The summed E-state index contributed by atoms with van der Waals surface area (Å²) in [6, 6.07) is 13.9. The van der Waals surface area contributed by atoms with Crippen LogP contribution in [-0.2, 0) is 36.0 Å². The molecule has 206 valence electrons. The van der Waals surface area contributed by atoms with Crippen molar-refractivity contribution >= 4 is 27.3 Å². The van der Waals surface area contributed by atoms with Crippen molar-refractivity contribution in [2.75, 3.05) is 20.3 Å². The van der Waals surface area contributed by atoms with Gasteiger partial charge in [0, 0.05) is 52.4 Å². The van der Waals surface area contributed by atoms with Crippen LogP contribution >= 0.6 is 11.3 Å². The highest BCUT2D eigenvalue weighted by Gasteiger charge is 2.17. The van der Waals surface area contributed by atoms with Crippen LogP contribution in [0.2, 0.25) is 0 Å².